The number of nitrogens with two attached hydrogens (primary N) is 1. The predicted octanol–water partition coefficient (Wildman–Crippen LogP) is 5.03. The smallest absolute Gasteiger partial charge is 0.242 e. The number of pyridine rings is 1. The molecule has 1 aliphatic carbocycles. The average Bonchev–Trinajstić information content (AvgIpc) is 3.28. The van der Waals surface area contributed by atoms with Crippen molar-refractivity contribution in [2.75, 3.05) is 18.2 Å². The third-order valence-electron chi connectivity index (χ3n) is 9.00. The summed E-state index contributed by atoms with van der Waals surface area (Å²) in [7, 11) is 1.65. The number of Topliss-reactive ketones (excluding diaryl/α,β-unsaturated/α-hetero) is 1. The number of piperidine rings is 1. The number of nitrogen functional groups attached to an aromatic ring is 1. The second-order valence-corrected chi connectivity index (χ2v) is 12.6. The summed E-state index contributed by atoms with van der Waals surface area (Å²) < 4.78 is 8.02. The lowest BCUT2D eigenvalue weighted by atomic mass is 9.97. The maximum atomic E-state index is 14.2. The first-order chi connectivity index (χ1) is 20.6. The second-order valence-electron chi connectivity index (χ2n) is 11.8. The minimum Gasteiger partial charge on any atom is -0.497 e. The van der Waals surface area contributed by atoms with Crippen molar-refractivity contribution in [2.24, 2.45) is 5.41 Å². The highest BCUT2D eigenvalue weighted by molar-refractivity contribution is 9.10. The van der Waals surface area contributed by atoms with Crippen molar-refractivity contribution in [3.05, 3.63) is 71.0 Å². The molecular weight excluding hydrogens is 610 g/mol. The van der Waals surface area contributed by atoms with Crippen LogP contribution >= 0.6 is 15.9 Å². The number of carbonyl (C=O) groups is 2. The first kappa shape index (κ1) is 27.5. The van der Waals surface area contributed by atoms with E-state index in [0.29, 0.717) is 28.9 Å². The van der Waals surface area contributed by atoms with Gasteiger partial charge in [-0.15, -0.1) is 0 Å². The number of benzene rings is 2. The third kappa shape index (κ3) is 4.45. The van der Waals surface area contributed by atoms with Gasteiger partial charge in [0.25, 0.3) is 0 Å². The first-order valence-electron chi connectivity index (χ1n) is 14.0. The van der Waals surface area contributed by atoms with Crippen LogP contribution in [0.25, 0.3) is 33.1 Å². The zero-order valence-corrected chi connectivity index (χ0v) is 25.5. The zero-order chi connectivity index (χ0) is 30.1. The average molecular weight is 641 g/mol. The van der Waals surface area contributed by atoms with Gasteiger partial charge in [-0.3, -0.25) is 14.9 Å². The van der Waals surface area contributed by atoms with E-state index in [4.69, 9.17) is 10.5 Å². The molecule has 0 spiro atoms. The molecule has 5 aromatic rings. The molecule has 4 heterocycles. The van der Waals surface area contributed by atoms with Crippen LogP contribution in [0.4, 0.5) is 11.8 Å². The van der Waals surface area contributed by atoms with Gasteiger partial charge in [0.05, 0.1) is 30.8 Å². The summed E-state index contributed by atoms with van der Waals surface area (Å²) in [6.45, 7) is 4.19. The molecule has 7 rings (SSSR count). The van der Waals surface area contributed by atoms with E-state index in [1.54, 1.807) is 25.4 Å². The van der Waals surface area contributed by atoms with Crippen molar-refractivity contribution in [1.29, 1.82) is 0 Å². The Morgan fingerprint density at radius 2 is 1.95 bits per heavy atom. The lowest BCUT2D eigenvalue weighted by Gasteiger charge is -2.19. The van der Waals surface area contributed by atoms with E-state index >= 15 is 0 Å². The van der Waals surface area contributed by atoms with Crippen LogP contribution < -0.4 is 21.1 Å². The fourth-order valence-corrected chi connectivity index (χ4v) is 7.15. The molecule has 3 unspecified atom stereocenters. The van der Waals surface area contributed by atoms with Crippen molar-refractivity contribution in [1.82, 2.24) is 24.8 Å². The molecule has 43 heavy (non-hydrogen) atoms. The van der Waals surface area contributed by atoms with Crippen LogP contribution in [0, 0.1) is 12.3 Å². The highest BCUT2D eigenvalue weighted by Gasteiger charge is 2.73. The number of nitrogens with zero attached hydrogens (tertiary/aromatic N) is 4. The molecule has 1 saturated carbocycles. The topological polar surface area (TPSA) is 137 Å². The number of ether oxygens (including phenoxy) is 1. The van der Waals surface area contributed by atoms with E-state index < -0.39 is 11.6 Å². The lowest BCUT2D eigenvalue weighted by molar-refractivity contribution is -0.123. The van der Waals surface area contributed by atoms with E-state index in [9.17, 15) is 9.59 Å². The third-order valence-corrected chi connectivity index (χ3v) is 9.44. The fraction of sp³-hybridized carbons (Fsp3) is 0.281. The number of halogens is 1. The number of ketones is 1. The molecule has 11 heteroatoms. The number of hydrogen-bond donors (Lipinski definition) is 3. The number of aromatic nitrogens is 4. The van der Waals surface area contributed by atoms with Crippen LogP contribution in [0.15, 0.2) is 65.4 Å². The standard InChI is InChI=1S/C32H30BrN7O3/c1-17-10-19(18-6-4-7-20(11-18)43-3)12-21-22-14-35-30(34)38-28(22)40(27(17)21)15-24(41)32-16-31(32,2)13-23(39-32)29(42)37-26-9-5-8-25(33)36-26/h4-12,14,23,39H,13,15-16H2,1-3H3,(H2,34,35,38)(H,36,37,42). The summed E-state index contributed by atoms with van der Waals surface area (Å²) in [5.74, 6) is 1.18. The normalized spacial score (nSPS) is 22.5. The highest BCUT2D eigenvalue weighted by atomic mass is 79.9. The van der Waals surface area contributed by atoms with Crippen molar-refractivity contribution >= 4 is 61.3 Å². The second kappa shape index (κ2) is 9.85. The van der Waals surface area contributed by atoms with Gasteiger partial charge in [0.1, 0.15) is 21.8 Å². The van der Waals surface area contributed by atoms with E-state index in [2.05, 4.69) is 60.6 Å². The largest absolute Gasteiger partial charge is 0.497 e. The summed E-state index contributed by atoms with van der Waals surface area (Å²) in [6.07, 6.45) is 2.95. The van der Waals surface area contributed by atoms with Gasteiger partial charge in [0.2, 0.25) is 11.9 Å². The summed E-state index contributed by atoms with van der Waals surface area (Å²) in [5.41, 5.74) is 9.46. The van der Waals surface area contributed by atoms with Gasteiger partial charge in [-0.2, -0.15) is 4.98 Å². The van der Waals surface area contributed by atoms with Crippen molar-refractivity contribution in [3.8, 4) is 16.9 Å². The van der Waals surface area contributed by atoms with Gasteiger partial charge in [-0.25, -0.2) is 9.97 Å². The molecule has 0 radical (unpaired) electrons. The number of carbonyl (C=O) groups excluding carboxylic acids is 2. The Labute approximate surface area is 256 Å². The number of aryl methyl sites for hydroxylation is 1. The van der Waals surface area contributed by atoms with Crippen molar-refractivity contribution in [2.45, 2.75) is 44.8 Å². The maximum Gasteiger partial charge on any atom is 0.242 e. The van der Waals surface area contributed by atoms with E-state index in [1.807, 2.05) is 41.8 Å². The number of rotatable bonds is 7. The minimum atomic E-state index is -0.796. The Morgan fingerprint density at radius 1 is 1.14 bits per heavy atom. The lowest BCUT2D eigenvalue weighted by Crippen LogP contribution is -2.47. The monoisotopic (exact) mass is 639 g/mol. The molecule has 2 aliphatic rings. The number of anilines is 2. The van der Waals surface area contributed by atoms with Gasteiger partial charge in [0.15, 0.2) is 5.78 Å². The van der Waals surface area contributed by atoms with Crippen LogP contribution in [0.3, 0.4) is 0 Å². The number of nitrogens with one attached hydrogen (secondary N) is 2. The molecule has 3 aromatic heterocycles. The number of hydrogen-bond acceptors (Lipinski definition) is 8. The molecule has 1 saturated heterocycles. The number of fused-ring (bicyclic) bond motifs is 4. The number of methoxy groups -OCH3 is 1. The van der Waals surface area contributed by atoms with Gasteiger partial charge in [0, 0.05) is 17.0 Å². The van der Waals surface area contributed by atoms with Gasteiger partial charge >= 0.3 is 0 Å². The Bertz CT molecular complexity index is 1970. The van der Waals surface area contributed by atoms with Gasteiger partial charge in [-0.1, -0.05) is 25.1 Å². The van der Waals surface area contributed by atoms with Crippen LogP contribution in [0.2, 0.25) is 0 Å². The first-order valence-corrected chi connectivity index (χ1v) is 14.8. The van der Waals surface area contributed by atoms with E-state index in [-0.39, 0.29) is 29.6 Å². The van der Waals surface area contributed by atoms with Crippen molar-refractivity contribution < 1.29 is 14.3 Å². The van der Waals surface area contributed by atoms with Crippen LogP contribution in [0.1, 0.15) is 25.3 Å². The summed E-state index contributed by atoms with van der Waals surface area (Å²) in [6, 6.07) is 16.9. The van der Waals surface area contributed by atoms with Crippen LogP contribution in [-0.4, -0.2) is 49.9 Å². The molecule has 3 atom stereocenters. The molecule has 2 aromatic carbocycles. The van der Waals surface area contributed by atoms with E-state index in [1.165, 1.54) is 0 Å². The SMILES string of the molecule is COc1cccc(-c2cc(C)c3c(c2)c2cnc(N)nc2n3CC(=O)C23CC2(C)CC(C(=O)Nc2cccc(Br)n2)N3)c1. The summed E-state index contributed by atoms with van der Waals surface area (Å²) in [4.78, 5) is 40.5. The van der Waals surface area contributed by atoms with Crippen LogP contribution in [0.5, 0.6) is 5.75 Å². The Morgan fingerprint density at radius 3 is 2.74 bits per heavy atom. The quantitative estimate of drug-likeness (QED) is 0.211. The number of amides is 1. The highest BCUT2D eigenvalue weighted by Crippen LogP contribution is 2.64. The molecule has 1 amide bonds. The Hall–Kier alpha value is -4.35. The molecule has 10 nitrogen and oxygen atoms in total. The summed E-state index contributed by atoms with van der Waals surface area (Å²) in [5, 5.41) is 8.04. The Balaban J connectivity index is 1.23. The molecular formula is C32H30BrN7O3. The van der Waals surface area contributed by atoms with Gasteiger partial charge in [-0.05, 0) is 94.2 Å². The maximum absolute atomic E-state index is 14.2. The molecule has 0 bridgehead atoms. The van der Waals surface area contributed by atoms with Crippen LogP contribution in [-0.2, 0) is 16.1 Å². The zero-order valence-electron chi connectivity index (χ0n) is 23.9. The van der Waals surface area contributed by atoms with Crippen molar-refractivity contribution in [3.63, 3.8) is 0 Å². The summed E-state index contributed by atoms with van der Waals surface area (Å²) >= 11 is 3.33. The molecule has 4 N–H and O–H groups in total. The predicted molar refractivity (Wildman–Crippen MR) is 169 cm³/mol. The molecule has 1 aliphatic heterocycles. The van der Waals surface area contributed by atoms with Gasteiger partial charge < -0.3 is 20.4 Å². The van der Waals surface area contributed by atoms with E-state index in [0.717, 1.165) is 38.7 Å². The molecule has 218 valence electrons. The Kier molecular flexibility index (Phi) is 6.30. The fourth-order valence-electron chi connectivity index (χ4n) is 6.81. The minimum absolute atomic E-state index is 0.0122. The molecule has 2 fully saturated rings.